The first kappa shape index (κ1) is 12.0. The predicted molar refractivity (Wildman–Crippen MR) is 51.5 cm³/mol. The second-order valence-electron chi connectivity index (χ2n) is 3.80. The molecule has 0 saturated heterocycles. The Labute approximate surface area is 79.4 Å². The van der Waals surface area contributed by atoms with E-state index in [2.05, 4.69) is 0 Å². The summed E-state index contributed by atoms with van der Waals surface area (Å²) in [5.41, 5.74) is 0.555. The minimum atomic E-state index is -0.391. The molecule has 0 radical (unpaired) electrons. The Kier molecular flexibility index (Phi) is 5.19. The number of hydrogen-bond acceptors (Lipinski definition) is 3. The molecule has 3 heteroatoms. The topological polar surface area (TPSA) is 46.5 Å². The van der Waals surface area contributed by atoms with E-state index < -0.39 is 5.60 Å². The zero-order valence-corrected chi connectivity index (χ0v) is 8.54. The van der Waals surface area contributed by atoms with Crippen LogP contribution in [-0.2, 0) is 9.53 Å². The summed E-state index contributed by atoms with van der Waals surface area (Å²) in [6.07, 6.45) is 3.66. The van der Waals surface area contributed by atoms with Gasteiger partial charge in [0.2, 0.25) is 0 Å². The van der Waals surface area contributed by atoms with E-state index in [0.29, 0.717) is 6.47 Å². The number of allylic oxidation sites excluding steroid dienone is 1. The Morgan fingerprint density at radius 1 is 1.54 bits per heavy atom. The van der Waals surface area contributed by atoms with Gasteiger partial charge in [0.05, 0.1) is 6.26 Å². The third-order valence-corrected chi connectivity index (χ3v) is 1.94. The van der Waals surface area contributed by atoms with Gasteiger partial charge in [0.15, 0.2) is 0 Å². The molecular formula is C10H18O3. The molecule has 0 saturated carbocycles. The molecule has 0 aromatic carbocycles. The van der Waals surface area contributed by atoms with Crippen molar-refractivity contribution in [3.63, 3.8) is 0 Å². The lowest BCUT2D eigenvalue weighted by Crippen LogP contribution is -2.23. The summed E-state index contributed by atoms with van der Waals surface area (Å²) in [5.74, 6) is 0. The molecule has 0 unspecified atom stereocenters. The molecule has 0 aliphatic heterocycles. The minimum absolute atomic E-state index is 0.391. The summed E-state index contributed by atoms with van der Waals surface area (Å²) in [6.45, 7) is 6.10. The molecule has 76 valence electrons. The second-order valence-corrected chi connectivity index (χ2v) is 3.80. The van der Waals surface area contributed by atoms with Gasteiger partial charge in [-0.05, 0) is 45.6 Å². The summed E-state index contributed by atoms with van der Waals surface area (Å²) in [4.78, 5) is 10.1. The van der Waals surface area contributed by atoms with Gasteiger partial charge in [0, 0.05) is 0 Å². The van der Waals surface area contributed by atoms with Crippen LogP contribution in [0, 0.1) is 0 Å². The van der Waals surface area contributed by atoms with Crippen LogP contribution in [0.3, 0.4) is 0 Å². The van der Waals surface area contributed by atoms with Gasteiger partial charge in [0.25, 0.3) is 6.47 Å². The smallest absolute Gasteiger partial charge is 0.293 e. The van der Waals surface area contributed by atoms with Gasteiger partial charge in [-0.25, -0.2) is 0 Å². The molecule has 0 spiro atoms. The van der Waals surface area contributed by atoms with Crippen molar-refractivity contribution in [2.45, 2.75) is 45.6 Å². The largest absolute Gasteiger partial charge is 0.516 e. The fourth-order valence-electron chi connectivity index (χ4n) is 1.05. The highest BCUT2D eigenvalue weighted by atomic mass is 16.5. The van der Waals surface area contributed by atoms with Crippen LogP contribution in [0.5, 0.6) is 0 Å². The summed E-state index contributed by atoms with van der Waals surface area (Å²) in [7, 11) is 0. The summed E-state index contributed by atoms with van der Waals surface area (Å²) in [6, 6.07) is 0. The highest BCUT2D eigenvalue weighted by Crippen LogP contribution is 2.18. The average Bonchev–Trinajstić information content (AvgIpc) is 2.03. The molecule has 1 N–H and O–H groups in total. The second kappa shape index (κ2) is 5.62. The van der Waals surface area contributed by atoms with Gasteiger partial charge >= 0.3 is 0 Å². The van der Waals surface area contributed by atoms with Crippen molar-refractivity contribution in [2.24, 2.45) is 0 Å². The lowest BCUT2D eigenvalue weighted by atomic mass is 9.99. The Morgan fingerprint density at radius 3 is 2.62 bits per heavy atom. The molecule has 0 atom stereocenters. The zero-order chi connectivity index (χ0) is 10.3. The van der Waals surface area contributed by atoms with Crippen LogP contribution in [0.1, 0.15) is 40.0 Å². The van der Waals surface area contributed by atoms with Crippen molar-refractivity contribution in [3.8, 4) is 0 Å². The first-order valence-corrected chi connectivity index (χ1v) is 4.43. The van der Waals surface area contributed by atoms with Crippen molar-refractivity contribution in [2.75, 3.05) is 0 Å². The van der Waals surface area contributed by atoms with E-state index in [-0.39, 0.29) is 0 Å². The molecule has 0 amide bonds. The average molecular weight is 186 g/mol. The van der Waals surface area contributed by atoms with Gasteiger partial charge in [-0.1, -0.05) is 0 Å². The SMILES string of the molecule is C/C(=C/O)CCCC(C)(C)OC=O. The maximum Gasteiger partial charge on any atom is 0.293 e. The Morgan fingerprint density at radius 2 is 2.15 bits per heavy atom. The van der Waals surface area contributed by atoms with Crippen LogP contribution in [0.15, 0.2) is 11.8 Å². The standard InChI is InChI=1S/C10H18O3/c1-9(7-11)5-4-6-10(2,3)13-8-12/h7-8,11H,4-6H2,1-3H3/b9-7-. The van der Waals surface area contributed by atoms with Gasteiger partial charge < -0.3 is 9.84 Å². The van der Waals surface area contributed by atoms with Crippen LogP contribution in [-0.4, -0.2) is 17.2 Å². The number of carbonyl (C=O) groups excluding carboxylic acids is 1. The van der Waals surface area contributed by atoms with Crippen LogP contribution in [0.25, 0.3) is 0 Å². The fraction of sp³-hybridized carbons (Fsp3) is 0.700. The van der Waals surface area contributed by atoms with Gasteiger partial charge in [-0.2, -0.15) is 0 Å². The number of carbonyl (C=O) groups is 1. The fourth-order valence-corrected chi connectivity index (χ4v) is 1.05. The lowest BCUT2D eigenvalue weighted by molar-refractivity contribution is -0.140. The zero-order valence-electron chi connectivity index (χ0n) is 8.54. The summed E-state index contributed by atoms with van der Waals surface area (Å²) < 4.78 is 4.88. The molecule has 0 heterocycles. The molecule has 0 rings (SSSR count). The minimum Gasteiger partial charge on any atom is -0.516 e. The van der Waals surface area contributed by atoms with Crippen molar-refractivity contribution in [3.05, 3.63) is 11.8 Å². The van der Waals surface area contributed by atoms with E-state index in [1.54, 1.807) is 0 Å². The third-order valence-electron chi connectivity index (χ3n) is 1.94. The first-order valence-electron chi connectivity index (χ1n) is 4.43. The van der Waals surface area contributed by atoms with Gasteiger partial charge in [0.1, 0.15) is 5.60 Å². The molecule has 0 aliphatic carbocycles. The monoisotopic (exact) mass is 186 g/mol. The predicted octanol–water partition coefficient (Wildman–Crippen LogP) is 2.57. The van der Waals surface area contributed by atoms with E-state index >= 15 is 0 Å². The molecule has 13 heavy (non-hydrogen) atoms. The van der Waals surface area contributed by atoms with E-state index in [1.165, 1.54) is 0 Å². The normalized spacial score (nSPS) is 12.7. The molecular weight excluding hydrogens is 168 g/mol. The van der Waals surface area contributed by atoms with E-state index in [0.717, 1.165) is 31.1 Å². The maximum absolute atomic E-state index is 10.1. The number of ether oxygens (including phenoxy) is 1. The van der Waals surface area contributed by atoms with E-state index in [1.807, 2.05) is 20.8 Å². The van der Waals surface area contributed by atoms with Crippen molar-refractivity contribution >= 4 is 6.47 Å². The Hall–Kier alpha value is -0.990. The molecule has 0 aromatic heterocycles. The molecule has 0 bridgehead atoms. The Balaban J connectivity index is 3.68. The van der Waals surface area contributed by atoms with Crippen LogP contribution >= 0.6 is 0 Å². The maximum atomic E-state index is 10.1. The molecule has 0 aliphatic rings. The van der Waals surface area contributed by atoms with Crippen molar-refractivity contribution in [1.82, 2.24) is 0 Å². The number of aliphatic hydroxyl groups is 1. The summed E-state index contributed by atoms with van der Waals surface area (Å²) in [5, 5.41) is 8.62. The number of rotatable bonds is 6. The number of hydrogen-bond donors (Lipinski definition) is 1. The quantitative estimate of drug-likeness (QED) is 0.512. The number of aliphatic hydroxyl groups excluding tert-OH is 1. The first-order chi connectivity index (χ1) is 6.02. The molecule has 0 fully saturated rings. The van der Waals surface area contributed by atoms with Crippen LogP contribution in [0.2, 0.25) is 0 Å². The molecule has 0 aromatic rings. The summed E-state index contributed by atoms with van der Waals surface area (Å²) >= 11 is 0. The highest BCUT2D eigenvalue weighted by molar-refractivity contribution is 5.38. The van der Waals surface area contributed by atoms with Crippen molar-refractivity contribution in [1.29, 1.82) is 0 Å². The van der Waals surface area contributed by atoms with Gasteiger partial charge in [-0.3, -0.25) is 4.79 Å². The molecule has 3 nitrogen and oxygen atoms in total. The van der Waals surface area contributed by atoms with Crippen LogP contribution in [0.4, 0.5) is 0 Å². The third kappa shape index (κ3) is 6.20. The van der Waals surface area contributed by atoms with Gasteiger partial charge in [-0.15, -0.1) is 0 Å². The Bertz CT molecular complexity index is 183. The van der Waals surface area contributed by atoms with Crippen LogP contribution < -0.4 is 0 Å². The van der Waals surface area contributed by atoms with E-state index in [4.69, 9.17) is 9.84 Å². The van der Waals surface area contributed by atoms with E-state index in [9.17, 15) is 4.79 Å². The lowest BCUT2D eigenvalue weighted by Gasteiger charge is -2.22. The highest BCUT2D eigenvalue weighted by Gasteiger charge is 2.17. The van der Waals surface area contributed by atoms with Crippen molar-refractivity contribution < 1.29 is 14.6 Å².